The van der Waals surface area contributed by atoms with E-state index in [1.165, 1.54) is 0 Å². The fourth-order valence-electron chi connectivity index (χ4n) is 1.57. The zero-order valence-corrected chi connectivity index (χ0v) is 10.4. The molecule has 20 heavy (non-hydrogen) atoms. The van der Waals surface area contributed by atoms with Crippen LogP contribution in [0.25, 0.3) is 22.1 Å². The maximum atomic E-state index is 8.74. The minimum absolute atomic E-state index is 0. The molecule has 0 spiro atoms. The van der Waals surface area contributed by atoms with E-state index >= 15 is 0 Å². The molecule has 0 saturated heterocycles. The molecule has 0 bridgehead atoms. The molecule has 7 heteroatoms. The summed E-state index contributed by atoms with van der Waals surface area (Å²) < 4.78 is 31.6. The van der Waals surface area contributed by atoms with E-state index in [0.717, 1.165) is 22.1 Å². The summed E-state index contributed by atoms with van der Waals surface area (Å²) in [7, 11) is -4.67. The summed E-state index contributed by atoms with van der Waals surface area (Å²) in [6.45, 7) is 0. The van der Waals surface area contributed by atoms with Crippen molar-refractivity contribution in [3.05, 3.63) is 48.5 Å². The van der Waals surface area contributed by atoms with E-state index in [4.69, 9.17) is 17.5 Å². The molecule has 6 nitrogen and oxygen atoms in total. The molecular weight excluding hydrogens is 280 g/mol. The molecule has 2 aromatic carbocycles. The first-order valence-electron chi connectivity index (χ1n) is 5.25. The summed E-state index contributed by atoms with van der Waals surface area (Å²) in [6.07, 6.45) is 0. The molecule has 1 heterocycles. The average molecular weight is 294 g/mol. The van der Waals surface area contributed by atoms with Gasteiger partial charge in [-0.1, -0.05) is 31.7 Å². The quantitative estimate of drug-likeness (QED) is 0.488. The van der Waals surface area contributed by atoms with Gasteiger partial charge >= 0.3 is 10.4 Å². The van der Waals surface area contributed by atoms with Crippen LogP contribution in [0.5, 0.6) is 0 Å². The summed E-state index contributed by atoms with van der Waals surface area (Å²) >= 11 is 0. The highest BCUT2D eigenvalue weighted by Gasteiger charge is 1.98. The first kappa shape index (κ1) is 16.0. The Balaban J connectivity index is 0.000000293. The molecule has 0 unspecified atom stereocenters. The third-order valence-electron chi connectivity index (χ3n) is 2.25. The number of aromatic nitrogens is 2. The Labute approximate surface area is 116 Å². The molecule has 3 rings (SSSR count). The van der Waals surface area contributed by atoms with E-state index in [1.807, 2.05) is 48.5 Å². The monoisotopic (exact) mass is 294 g/mol. The smallest absolute Gasteiger partial charge is 0.264 e. The van der Waals surface area contributed by atoms with Crippen molar-refractivity contribution >= 4 is 32.5 Å². The van der Waals surface area contributed by atoms with E-state index in [1.54, 1.807) is 0 Å². The fraction of sp³-hybridized carbons (Fsp3) is 0.0769. The number of hydrogen-bond acceptors (Lipinski definition) is 4. The highest BCUT2D eigenvalue weighted by Crippen LogP contribution is 2.14. The molecule has 0 amide bonds. The number of hydrogen-bond donors (Lipinski definition) is 2. The highest BCUT2D eigenvalue weighted by molar-refractivity contribution is 7.79. The average Bonchev–Trinajstić information content (AvgIpc) is 2.34. The Bertz CT molecular complexity index is 706. The van der Waals surface area contributed by atoms with E-state index < -0.39 is 10.4 Å². The minimum atomic E-state index is -4.67. The van der Waals surface area contributed by atoms with Crippen LogP contribution in [0.1, 0.15) is 7.43 Å². The van der Waals surface area contributed by atoms with Crippen molar-refractivity contribution in [3.8, 4) is 0 Å². The first-order valence-corrected chi connectivity index (χ1v) is 6.64. The maximum absolute atomic E-state index is 8.74. The van der Waals surface area contributed by atoms with Gasteiger partial charge in [0.05, 0.1) is 22.1 Å². The van der Waals surface area contributed by atoms with Gasteiger partial charge in [-0.15, -0.1) is 0 Å². The first-order chi connectivity index (χ1) is 8.93. The summed E-state index contributed by atoms with van der Waals surface area (Å²) in [5.41, 5.74) is 3.80. The summed E-state index contributed by atoms with van der Waals surface area (Å²) in [5, 5.41) is 0. The van der Waals surface area contributed by atoms with Crippen LogP contribution in [0.4, 0.5) is 0 Å². The van der Waals surface area contributed by atoms with Crippen LogP contribution in [0, 0.1) is 0 Å². The lowest BCUT2D eigenvalue weighted by Gasteiger charge is -1.98. The van der Waals surface area contributed by atoms with Crippen molar-refractivity contribution < 1.29 is 17.5 Å². The van der Waals surface area contributed by atoms with Crippen LogP contribution >= 0.6 is 0 Å². The van der Waals surface area contributed by atoms with Gasteiger partial charge in [0.15, 0.2) is 0 Å². The van der Waals surface area contributed by atoms with Crippen molar-refractivity contribution in [2.24, 2.45) is 0 Å². The molecule has 0 atom stereocenters. The number of benzene rings is 2. The zero-order valence-electron chi connectivity index (χ0n) is 9.63. The van der Waals surface area contributed by atoms with Gasteiger partial charge in [-0.25, -0.2) is 9.97 Å². The lowest BCUT2D eigenvalue weighted by Crippen LogP contribution is -1.89. The summed E-state index contributed by atoms with van der Waals surface area (Å²) in [5.74, 6) is 0. The van der Waals surface area contributed by atoms with Gasteiger partial charge in [-0.3, -0.25) is 9.11 Å². The number of nitrogens with zero attached hydrogens (tertiary/aromatic N) is 2. The van der Waals surface area contributed by atoms with Crippen molar-refractivity contribution in [2.45, 2.75) is 7.43 Å². The van der Waals surface area contributed by atoms with E-state index in [0.29, 0.717) is 0 Å². The normalized spacial score (nSPS) is 10.5. The number of fused-ring (bicyclic) bond motifs is 2. The molecular formula is C13H14N2O4S. The number of para-hydroxylation sites is 4. The Kier molecular flexibility index (Phi) is 5.09. The predicted molar refractivity (Wildman–Crippen MR) is 78.0 cm³/mol. The fourth-order valence-corrected chi connectivity index (χ4v) is 1.57. The third-order valence-corrected chi connectivity index (χ3v) is 2.25. The van der Waals surface area contributed by atoms with Crippen molar-refractivity contribution in [1.29, 1.82) is 0 Å². The molecule has 1 aromatic heterocycles. The van der Waals surface area contributed by atoms with Gasteiger partial charge in [0.1, 0.15) is 0 Å². The molecule has 3 aromatic rings. The van der Waals surface area contributed by atoms with Crippen LogP contribution in [-0.2, 0) is 10.4 Å². The Morgan fingerprint density at radius 3 is 1.10 bits per heavy atom. The molecule has 2 N–H and O–H groups in total. The molecule has 0 aliphatic rings. The second-order valence-electron chi connectivity index (χ2n) is 3.65. The molecule has 0 fully saturated rings. The summed E-state index contributed by atoms with van der Waals surface area (Å²) in [4.78, 5) is 9.03. The highest BCUT2D eigenvalue weighted by atomic mass is 32.3. The largest absolute Gasteiger partial charge is 0.394 e. The van der Waals surface area contributed by atoms with Gasteiger partial charge in [0, 0.05) is 0 Å². The Hall–Kier alpha value is -2.09. The van der Waals surface area contributed by atoms with Crippen LogP contribution < -0.4 is 0 Å². The number of rotatable bonds is 0. The topological polar surface area (TPSA) is 100 Å². The predicted octanol–water partition coefficient (Wildman–Crippen LogP) is 2.77. The van der Waals surface area contributed by atoms with Crippen LogP contribution in [0.15, 0.2) is 48.5 Å². The summed E-state index contributed by atoms with van der Waals surface area (Å²) in [6, 6.07) is 15.8. The van der Waals surface area contributed by atoms with E-state index in [9.17, 15) is 0 Å². The van der Waals surface area contributed by atoms with Crippen molar-refractivity contribution in [1.82, 2.24) is 9.97 Å². The van der Waals surface area contributed by atoms with E-state index in [2.05, 4.69) is 9.97 Å². The van der Waals surface area contributed by atoms with Crippen LogP contribution in [0.3, 0.4) is 0 Å². The molecule has 106 valence electrons. The second kappa shape index (κ2) is 6.38. The molecule has 0 aliphatic heterocycles. The lowest BCUT2D eigenvalue weighted by molar-refractivity contribution is 0.381. The maximum Gasteiger partial charge on any atom is 0.394 e. The molecule has 0 saturated carbocycles. The van der Waals surface area contributed by atoms with Crippen LogP contribution in [-0.4, -0.2) is 27.5 Å². The Morgan fingerprint density at radius 2 is 0.900 bits per heavy atom. The minimum Gasteiger partial charge on any atom is -0.264 e. The Morgan fingerprint density at radius 1 is 0.700 bits per heavy atom. The van der Waals surface area contributed by atoms with Crippen molar-refractivity contribution in [2.75, 3.05) is 0 Å². The third kappa shape index (κ3) is 4.54. The van der Waals surface area contributed by atoms with Gasteiger partial charge < -0.3 is 0 Å². The van der Waals surface area contributed by atoms with Crippen LogP contribution in [0.2, 0.25) is 0 Å². The lowest BCUT2D eigenvalue weighted by atomic mass is 10.2. The molecule has 0 radical (unpaired) electrons. The van der Waals surface area contributed by atoms with E-state index in [-0.39, 0.29) is 7.43 Å². The molecule has 0 aliphatic carbocycles. The van der Waals surface area contributed by atoms with Gasteiger partial charge in [0.25, 0.3) is 0 Å². The van der Waals surface area contributed by atoms with Gasteiger partial charge in [-0.2, -0.15) is 8.42 Å². The SMILES string of the molecule is C.O=S(=O)(O)O.c1ccc2nc3ccccc3nc2c1. The van der Waals surface area contributed by atoms with Gasteiger partial charge in [0.2, 0.25) is 0 Å². The standard InChI is InChI=1S/C12H8N2.CH4.H2O4S/c1-2-6-10-9(5-1)13-11-7-3-4-8-12(11)14-10;;1-5(2,3)4/h1-8H;1H4;(H2,1,2,3,4). The van der Waals surface area contributed by atoms with Crippen molar-refractivity contribution in [3.63, 3.8) is 0 Å². The zero-order chi connectivity index (χ0) is 13.9. The van der Waals surface area contributed by atoms with Gasteiger partial charge in [-0.05, 0) is 24.3 Å². The second-order valence-corrected chi connectivity index (χ2v) is 4.54.